The molecule has 3 heterocycles. The lowest BCUT2D eigenvalue weighted by Crippen LogP contribution is -2.24. The Hall–Kier alpha value is -3.76. The van der Waals surface area contributed by atoms with Crippen LogP contribution in [-0.4, -0.2) is 25.5 Å². The van der Waals surface area contributed by atoms with Crippen LogP contribution in [0.3, 0.4) is 0 Å². The van der Waals surface area contributed by atoms with Crippen LogP contribution < -0.4 is 5.32 Å². The quantitative estimate of drug-likeness (QED) is 0.526. The number of halogens is 4. The zero-order valence-corrected chi connectivity index (χ0v) is 14.4. The number of hydrogen-bond donors (Lipinski definition) is 1. The normalized spacial score (nSPS) is 11.7. The molecule has 0 saturated heterocycles. The summed E-state index contributed by atoms with van der Waals surface area (Å²) in [5.74, 6) is -2.00. The average Bonchev–Trinajstić information content (AvgIpc) is 3.35. The fourth-order valence-corrected chi connectivity index (χ4v) is 2.58. The van der Waals surface area contributed by atoms with Gasteiger partial charge in [-0.3, -0.25) is 4.79 Å². The predicted molar refractivity (Wildman–Crippen MR) is 91.1 cm³/mol. The summed E-state index contributed by atoms with van der Waals surface area (Å²) in [7, 11) is 0. The van der Waals surface area contributed by atoms with Gasteiger partial charge in [0.1, 0.15) is 11.5 Å². The Morgan fingerprint density at radius 3 is 2.55 bits per heavy atom. The van der Waals surface area contributed by atoms with Crippen LogP contribution in [0.15, 0.2) is 53.1 Å². The lowest BCUT2D eigenvalue weighted by atomic mass is 10.2. The summed E-state index contributed by atoms with van der Waals surface area (Å²) in [4.78, 5) is 20.1. The molecule has 0 radical (unpaired) electrons. The van der Waals surface area contributed by atoms with Crippen LogP contribution in [0.25, 0.3) is 17.2 Å². The van der Waals surface area contributed by atoms with Gasteiger partial charge in [0.2, 0.25) is 5.82 Å². The van der Waals surface area contributed by atoms with E-state index in [0.29, 0.717) is 10.1 Å². The first-order valence-corrected chi connectivity index (χ1v) is 8.23. The van der Waals surface area contributed by atoms with E-state index >= 15 is 0 Å². The molecular weight excluding hydrogens is 394 g/mol. The number of aromatic nitrogens is 4. The molecule has 0 atom stereocenters. The molecule has 11 heteroatoms. The SMILES string of the molecule is O=C(NCc1ccc(F)cc1)c1nc2nc(-c3ccco3)cc(C(F)(F)F)n2n1. The molecule has 1 N–H and O–H groups in total. The van der Waals surface area contributed by atoms with E-state index in [1.807, 2.05) is 0 Å². The molecule has 0 bridgehead atoms. The molecule has 0 aliphatic heterocycles. The van der Waals surface area contributed by atoms with Crippen molar-refractivity contribution < 1.29 is 26.8 Å². The number of alkyl halides is 3. The van der Waals surface area contributed by atoms with E-state index in [9.17, 15) is 22.4 Å². The van der Waals surface area contributed by atoms with Crippen LogP contribution in [0.1, 0.15) is 21.9 Å². The van der Waals surface area contributed by atoms with Gasteiger partial charge in [0.25, 0.3) is 11.7 Å². The zero-order chi connectivity index (χ0) is 20.6. The summed E-state index contributed by atoms with van der Waals surface area (Å²) in [5, 5.41) is 6.12. The van der Waals surface area contributed by atoms with Gasteiger partial charge in [-0.2, -0.15) is 22.7 Å². The Labute approximate surface area is 160 Å². The molecule has 1 aromatic carbocycles. The molecular formula is C18H11F4N5O2. The molecule has 0 fully saturated rings. The van der Waals surface area contributed by atoms with Crippen molar-refractivity contribution in [3.8, 4) is 11.5 Å². The van der Waals surface area contributed by atoms with E-state index in [1.54, 1.807) is 0 Å². The third-order valence-electron chi connectivity index (χ3n) is 3.95. The maximum absolute atomic E-state index is 13.5. The van der Waals surface area contributed by atoms with Crippen LogP contribution in [-0.2, 0) is 12.7 Å². The number of amides is 1. The van der Waals surface area contributed by atoms with E-state index in [2.05, 4.69) is 20.4 Å². The van der Waals surface area contributed by atoms with Crippen LogP contribution in [0.5, 0.6) is 0 Å². The first-order valence-electron chi connectivity index (χ1n) is 8.23. The van der Waals surface area contributed by atoms with Crippen molar-refractivity contribution in [2.24, 2.45) is 0 Å². The monoisotopic (exact) mass is 405 g/mol. The van der Waals surface area contributed by atoms with Gasteiger partial charge in [-0.05, 0) is 35.9 Å². The van der Waals surface area contributed by atoms with E-state index in [4.69, 9.17) is 4.42 Å². The van der Waals surface area contributed by atoms with Gasteiger partial charge in [-0.15, -0.1) is 5.10 Å². The van der Waals surface area contributed by atoms with Gasteiger partial charge in [0, 0.05) is 6.54 Å². The molecule has 3 aromatic heterocycles. The minimum Gasteiger partial charge on any atom is -0.463 e. The van der Waals surface area contributed by atoms with E-state index in [-0.39, 0.29) is 18.0 Å². The number of benzene rings is 1. The largest absolute Gasteiger partial charge is 0.463 e. The smallest absolute Gasteiger partial charge is 0.433 e. The van der Waals surface area contributed by atoms with Crippen molar-refractivity contribution in [1.82, 2.24) is 24.9 Å². The predicted octanol–water partition coefficient (Wildman–Crippen LogP) is 3.47. The Balaban J connectivity index is 1.67. The topological polar surface area (TPSA) is 85.3 Å². The second-order valence-electron chi connectivity index (χ2n) is 5.96. The third kappa shape index (κ3) is 3.79. The number of hydrogen-bond acceptors (Lipinski definition) is 5. The van der Waals surface area contributed by atoms with Crippen molar-refractivity contribution in [2.45, 2.75) is 12.7 Å². The molecule has 0 unspecified atom stereocenters. The summed E-state index contributed by atoms with van der Waals surface area (Å²) in [6.07, 6.45) is -3.47. The highest BCUT2D eigenvalue weighted by Crippen LogP contribution is 2.31. The van der Waals surface area contributed by atoms with E-state index in [0.717, 1.165) is 6.07 Å². The number of nitrogens with one attached hydrogen (secondary N) is 1. The number of carbonyl (C=O) groups is 1. The number of fused-ring (bicyclic) bond motifs is 1. The third-order valence-corrected chi connectivity index (χ3v) is 3.95. The van der Waals surface area contributed by atoms with Crippen molar-refractivity contribution >= 4 is 11.7 Å². The summed E-state index contributed by atoms with van der Waals surface area (Å²) in [6.45, 7) is 0.0197. The van der Waals surface area contributed by atoms with Gasteiger partial charge in [0.05, 0.1) is 6.26 Å². The number of nitrogens with zero attached hydrogens (tertiary/aromatic N) is 4. The van der Waals surface area contributed by atoms with Crippen molar-refractivity contribution in [3.63, 3.8) is 0 Å². The molecule has 4 rings (SSSR count). The lowest BCUT2D eigenvalue weighted by Gasteiger charge is -2.09. The summed E-state index contributed by atoms with van der Waals surface area (Å²) >= 11 is 0. The highest BCUT2D eigenvalue weighted by Gasteiger charge is 2.36. The summed E-state index contributed by atoms with van der Waals surface area (Å²) in [6, 6.07) is 9.09. The maximum atomic E-state index is 13.5. The molecule has 148 valence electrons. The van der Waals surface area contributed by atoms with Gasteiger partial charge in [0.15, 0.2) is 11.5 Å². The minimum absolute atomic E-state index is 0.0197. The standard InChI is InChI=1S/C18H11F4N5O2/c19-11-5-3-10(4-6-11)9-23-16(28)15-25-17-24-12(13-2-1-7-29-13)8-14(18(20,21)22)27(17)26-15/h1-8H,9H2,(H,23,28). The number of furan rings is 1. The maximum Gasteiger partial charge on any atom is 0.433 e. The molecule has 7 nitrogen and oxygen atoms in total. The fraction of sp³-hybridized carbons (Fsp3) is 0.111. The Morgan fingerprint density at radius 2 is 1.90 bits per heavy atom. The van der Waals surface area contributed by atoms with E-state index < -0.39 is 35.2 Å². The number of carbonyl (C=O) groups excluding carboxylic acids is 1. The molecule has 0 aliphatic rings. The molecule has 0 spiro atoms. The van der Waals surface area contributed by atoms with Crippen LogP contribution in [0.2, 0.25) is 0 Å². The van der Waals surface area contributed by atoms with Crippen molar-refractivity contribution in [2.75, 3.05) is 0 Å². The van der Waals surface area contributed by atoms with Crippen molar-refractivity contribution in [1.29, 1.82) is 0 Å². The average molecular weight is 405 g/mol. The van der Waals surface area contributed by atoms with Crippen LogP contribution in [0, 0.1) is 5.82 Å². The van der Waals surface area contributed by atoms with Crippen LogP contribution >= 0.6 is 0 Å². The summed E-state index contributed by atoms with van der Waals surface area (Å²) < 4.78 is 58.9. The van der Waals surface area contributed by atoms with Gasteiger partial charge in [-0.25, -0.2) is 9.37 Å². The minimum atomic E-state index is -4.77. The Morgan fingerprint density at radius 1 is 1.14 bits per heavy atom. The van der Waals surface area contributed by atoms with Crippen LogP contribution in [0.4, 0.5) is 17.6 Å². The highest BCUT2D eigenvalue weighted by atomic mass is 19.4. The van der Waals surface area contributed by atoms with Crippen molar-refractivity contribution in [3.05, 3.63) is 71.6 Å². The van der Waals surface area contributed by atoms with Gasteiger partial charge < -0.3 is 9.73 Å². The number of rotatable bonds is 4. The van der Waals surface area contributed by atoms with Gasteiger partial charge in [-0.1, -0.05) is 12.1 Å². The molecule has 0 aliphatic carbocycles. The van der Waals surface area contributed by atoms with E-state index in [1.165, 1.54) is 42.7 Å². The molecule has 1 amide bonds. The molecule has 4 aromatic rings. The first-order chi connectivity index (χ1) is 13.8. The summed E-state index contributed by atoms with van der Waals surface area (Å²) in [5.41, 5.74) is -0.655. The highest BCUT2D eigenvalue weighted by molar-refractivity contribution is 5.90. The molecule has 0 saturated carbocycles. The zero-order valence-electron chi connectivity index (χ0n) is 14.4. The van der Waals surface area contributed by atoms with Gasteiger partial charge >= 0.3 is 6.18 Å². The second kappa shape index (κ2) is 7.00. The lowest BCUT2D eigenvalue weighted by molar-refractivity contribution is -0.142. The first kappa shape index (κ1) is 18.6. The second-order valence-corrected chi connectivity index (χ2v) is 5.96. The Kier molecular flexibility index (Phi) is 4.49. The Bertz CT molecular complexity index is 1170. The molecule has 29 heavy (non-hydrogen) atoms. The fourth-order valence-electron chi connectivity index (χ4n) is 2.58.